The summed E-state index contributed by atoms with van der Waals surface area (Å²) < 4.78 is 13.3. The van der Waals surface area contributed by atoms with Crippen molar-refractivity contribution in [1.29, 1.82) is 0 Å². The second-order valence-electron chi connectivity index (χ2n) is 7.58. The molecule has 154 valence electrons. The Morgan fingerprint density at radius 2 is 1.79 bits per heavy atom. The summed E-state index contributed by atoms with van der Waals surface area (Å²) in [5.74, 6) is -0.697. The summed E-state index contributed by atoms with van der Waals surface area (Å²) in [6.45, 7) is 1.96. The van der Waals surface area contributed by atoms with Crippen LogP contribution in [0.5, 0.6) is 0 Å². The average Bonchev–Trinajstić information content (AvgIpc) is 3.21. The molecule has 1 N–H and O–H groups in total. The van der Waals surface area contributed by atoms with E-state index >= 15 is 0 Å². The van der Waals surface area contributed by atoms with Crippen molar-refractivity contribution < 1.29 is 14.0 Å². The number of nitrogens with one attached hydrogen (secondary N) is 1. The number of hydrogen-bond donors (Lipinski definition) is 1. The number of nitrogens with zero attached hydrogens (tertiary/aromatic N) is 1. The van der Waals surface area contributed by atoms with Crippen LogP contribution in [0.4, 0.5) is 4.39 Å². The van der Waals surface area contributed by atoms with Crippen molar-refractivity contribution in [2.75, 3.05) is 0 Å². The highest BCUT2D eigenvalue weighted by molar-refractivity contribution is 6.31. The standard InChI is InChI=1S/C23H26ClFN2O2/c1-16(23(29)26-20-7-3-4-8-20)27(15-17-10-12-19(25)13-11-17)22(28)14-18-6-2-5-9-21(18)24/h2,5-6,9-13,16,20H,3-4,7-8,14-15H2,1H3,(H,26,29)/t16-/m0/s1. The van der Waals surface area contributed by atoms with Gasteiger partial charge in [0.25, 0.3) is 0 Å². The van der Waals surface area contributed by atoms with E-state index in [0.717, 1.165) is 31.2 Å². The lowest BCUT2D eigenvalue weighted by Crippen LogP contribution is -2.50. The minimum Gasteiger partial charge on any atom is -0.352 e. The second kappa shape index (κ2) is 9.88. The van der Waals surface area contributed by atoms with Gasteiger partial charge in [-0.05, 0) is 49.1 Å². The van der Waals surface area contributed by atoms with Gasteiger partial charge in [-0.15, -0.1) is 0 Å². The summed E-state index contributed by atoms with van der Waals surface area (Å²) in [6.07, 6.45) is 4.28. The van der Waals surface area contributed by atoms with Crippen LogP contribution in [0.1, 0.15) is 43.7 Å². The summed E-state index contributed by atoms with van der Waals surface area (Å²) >= 11 is 6.21. The SMILES string of the molecule is C[C@@H](C(=O)NC1CCCC1)N(Cc1ccc(F)cc1)C(=O)Cc1ccccc1Cl. The lowest BCUT2D eigenvalue weighted by molar-refractivity contribution is -0.140. The van der Waals surface area contributed by atoms with Crippen molar-refractivity contribution in [2.45, 2.75) is 57.7 Å². The number of halogens is 2. The fourth-order valence-electron chi connectivity index (χ4n) is 3.67. The Hall–Kier alpha value is -2.40. The fourth-order valence-corrected chi connectivity index (χ4v) is 3.87. The monoisotopic (exact) mass is 416 g/mol. The predicted molar refractivity (Wildman–Crippen MR) is 112 cm³/mol. The number of carbonyl (C=O) groups is 2. The minimum absolute atomic E-state index is 0.0991. The number of benzene rings is 2. The van der Waals surface area contributed by atoms with Gasteiger partial charge < -0.3 is 10.2 Å². The molecule has 0 heterocycles. The molecular formula is C23H26ClFN2O2. The second-order valence-corrected chi connectivity index (χ2v) is 7.99. The molecule has 2 amide bonds. The van der Waals surface area contributed by atoms with Gasteiger partial charge in [0, 0.05) is 17.6 Å². The van der Waals surface area contributed by atoms with Gasteiger partial charge in [0.2, 0.25) is 11.8 Å². The Morgan fingerprint density at radius 3 is 2.45 bits per heavy atom. The van der Waals surface area contributed by atoms with Crippen LogP contribution in [0.25, 0.3) is 0 Å². The molecule has 6 heteroatoms. The molecule has 29 heavy (non-hydrogen) atoms. The molecule has 4 nitrogen and oxygen atoms in total. The molecule has 1 aliphatic carbocycles. The van der Waals surface area contributed by atoms with Crippen LogP contribution in [0.15, 0.2) is 48.5 Å². The van der Waals surface area contributed by atoms with Crippen molar-refractivity contribution >= 4 is 23.4 Å². The molecule has 0 bridgehead atoms. The van der Waals surface area contributed by atoms with Gasteiger partial charge in [-0.1, -0.05) is 54.8 Å². The maximum absolute atomic E-state index is 13.3. The Morgan fingerprint density at radius 1 is 1.14 bits per heavy atom. The topological polar surface area (TPSA) is 49.4 Å². The van der Waals surface area contributed by atoms with Crippen molar-refractivity contribution in [3.8, 4) is 0 Å². The third-order valence-electron chi connectivity index (χ3n) is 5.43. The van der Waals surface area contributed by atoms with Crippen molar-refractivity contribution in [3.63, 3.8) is 0 Å². The van der Waals surface area contributed by atoms with E-state index in [2.05, 4.69) is 5.32 Å². The zero-order valence-electron chi connectivity index (χ0n) is 16.5. The number of rotatable bonds is 7. The zero-order valence-corrected chi connectivity index (χ0v) is 17.3. The summed E-state index contributed by atoms with van der Waals surface area (Å²) in [5, 5.41) is 3.58. The smallest absolute Gasteiger partial charge is 0.242 e. The molecule has 0 aromatic heterocycles. The van der Waals surface area contributed by atoms with E-state index in [4.69, 9.17) is 11.6 Å². The van der Waals surface area contributed by atoms with E-state index < -0.39 is 6.04 Å². The maximum Gasteiger partial charge on any atom is 0.242 e. The Balaban J connectivity index is 1.77. The summed E-state index contributed by atoms with van der Waals surface area (Å²) in [4.78, 5) is 27.5. The third-order valence-corrected chi connectivity index (χ3v) is 5.80. The molecule has 0 spiro atoms. The normalized spacial score (nSPS) is 15.1. The zero-order chi connectivity index (χ0) is 20.8. The molecule has 1 saturated carbocycles. The first kappa shape index (κ1) is 21.3. The Bertz CT molecular complexity index is 850. The van der Waals surface area contributed by atoms with Crippen LogP contribution in [-0.4, -0.2) is 28.8 Å². The quantitative estimate of drug-likeness (QED) is 0.722. The lowest BCUT2D eigenvalue weighted by Gasteiger charge is -2.30. The van der Waals surface area contributed by atoms with Gasteiger partial charge in [0.1, 0.15) is 11.9 Å². The van der Waals surface area contributed by atoms with Gasteiger partial charge in [0.05, 0.1) is 6.42 Å². The molecule has 3 rings (SSSR count). The predicted octanol–water partition coefficient (Wildman–Crippen LogP) is 4.50. The van der Waals surface area contributed by atoms with Gasteiger partial charge in [-0.25, -0.2) is 4.39 Å². The highest BCUT2D eigenvalue weighted by Crippen LogP contribution is 2.20. The highest BCUT2D eigenvalue weighted by Gasteiger charge is 2.28. The van der Waals surface area contributed by atoms with E-state index in [0.29, 0.717) is 10.6 Å². The highest BCUT2D eigenvalue weighted by atomic mass is 35.5. The molecular weight excluding hydrogens is 391 g/mol. The molecule has 0 unspecified atom stereocenters. The van der Waals surface area contributed by atoms with Crippen molar-refractivity contribution in [2.24, 2.45) is 0 Å². The Labute approximate surface area is 176 Å². The molecule has 1 aliphatic rings. The summed E-state index contributed by atoms with van der Waals surface area (Å²) in [6, 6.07) is 12.7. The van der Waals surface area contributed by atoms with Gasteiger partial charge in [-0.2, -0.15) is 0 Å². The molecule has 2 aromatic rings. The molecule has 1 fully saturated rings. The van der Waals surface area contributed by atoms with Gasteiger partial charge in [0.15, 0.2) is 0 Å². The first-order chi connectivity index (χ1) is 13.9. The summed E-state index contributed by atoms with van der Waals surface area (Å²) in [7, 11) is 0. The number of hydrogen-bond acceptors (Lipinski definition) is 2. The molecule has 0 radical (unpaired) electrons. The lowest BCUT2D eigenvalue weighted by atomic mass is 10.1. The van der Waals surface area contributed by atoms with Crippen LogP contribution in [-0.2, 0) is 22.6 Å². The average molecular weight is 417 g/mol. The van der Waals surface area contributed by atoms with Crippen LogP contribution in [0.2, 0.25) is 5.02 Å². The first-order valence-corrected chi connectivity index (χ1v) is 10.4. The van der Waals surface area contributed by atoms with E-state index in [-0.39, 0.29) is 36.6 Å². The van der Waals surface area contributed by atoms with Gasteiger partial charge in [-0.3, -0.25) is 9.59 Å². The van der Waals surface area contributed by atoms with E-state index in [1.807, 2.05) is 12.1 Å². The number of carbonyl (C=O) groups excluding carboxylic acids is 2. The molecule has 1 atom stereocenters. The first-order valence-electron chi connectivity index (χ1n) is 10.0. The van der Waals surface area contributed by atoms with Crippen molar-refractivity contribution in [3.05, 3.63) is 70.5 Å². The third kappa shape index (κ3) is 5.80. The van der Waals surface area contributed by atoms with Crippen LogP contribution in [0, 0.1) is 5.82 Å². The Kier molecular flexibility index (Phi) is 7.26. The van der Waals surface area contributed by atoms with E-state index in [9.17, 15) is 14.0 Å². The fraction of sp³-hybridized carbons (Fsp3) is 0.391. The van der Waals surface area contributed by atoms with E-state index in [1.54, 1.807) is 36.1 Å². The van der Waals surface area contributed by atoms with Crippen LogP contribution in [0.3, 0.4) is 0 Å². The van der Waals surface area contributed by atoms with Gasteiger partial charge >= 0.3 is 0 Å². The molecule has 0 aliphatic heterocycles. The number of amides is 2. The summed E-state index contributed by atoms with van der Waals surface area (Å²) in [5.41, 5.74) is 1.48. The van der Waals surface area contributed by atoms with E-state index in [1.165, 1.54) is 12.1 Å². The minimum atomic E-state index is -0.643. The van der Waals surface area contributed by atoms with Crippen LogP contribution >= 0.6 is 11.6 Å². The van der Waals surface area contributed by atoms with Crippen molar-refractivity contribution in [1.82, 2.24) is 10.2 Å². The maximum atomic E-state index is 13.3. The largest absolute Gasteiger partial charge is 0.352 e. The van der Waals surface area contributed by atoms with Crippen LogP contribution < -0.4 is 5.32 Å². The molecule has 0 saturated heterocycles. The molecule has 2 aromatic carbocycles.